The Kier molecular flexibility index (Phi) is 12.8. The van der Waals surface area contributed by atoms with Crippen LogP contribution in [0.2, 0.25) is 0 Å². The van der Waals surface area contributed by atoms with Crippen LogP contribution < -0.4 is 14.4 Å². The highest BCUT2D eigenvalue weighted by molar-refractivity contribution is 9.10. The molecule has 0 aromatic heterocycles. The van der Waals surface area contributed by atoms with E-state index >= 15 is 0 Å². The van der Waals surface area contributed by atoms with E-state index in [2.05, 4.69) is 21.2 Å². The van der Waals surface area contributed by atoms with Crippen molar-refractivity contribution in [3.05, 3.63) is 125 Å². The number of rotatable bonds is 16. The summed E-state index contributed by atoms with van der Waals surface area (Å²) in [6.07, 6.45) is 1.94. The van der Waals surface area contributed by atoms with Crippen LogP contribution in [-0.4, -0.2) is 50.9 Å². The second kappa shape index (κ2) is 17.0. The quantitative estimate of drug-likeness (QED) is 0.133. The molecule has 8 nitrogen and oxygen atoms in total. The van der Waals surface area contributed by atoms with Gasteiger partial charge < -0.3 is 15.0 Å². The molecule has 10 heteroatoms. The van der Waals surface area contributed by atoms with Crippen LogP contribution in [0.4, 0.5) is 5.69 Å². The summed E-state index contributed by atoms with van der Waals surface area (Å²) in [7, 11) is -4.23. The molecule has 1 atom stereocenters. The van der Waals surface area contributed by atoms with Crippen LogP contribution in [0.25, 0.3) is 0 Å². The number of nitrogens with zero attached hydrogens (tertiary/aromatic N) is 2. The predicted octanol–water partition coefficient (Wildman–Crippen LogP) is 6.60. The largest absolute Gasteiger partial charge is 0.492 e. The van der Waals surface area contributed by atoms with Crippen LogP contribution >= 0.6 is 15.9 Å². The van der Waals surface area contributed by atoms with Crippen molar-refractivity contribution in [1.29, 1.82) is 0 Å². The summed E-state index contributed by atoms with van der Waals surface area (Å²) in [5.74, 6) is -0.501. The summed E-state index contributed by atoms with van der Waals surface area (Å²) in [4.78, 5) is 30.0. The summed E-state index contributed by atoms with van der Waals surface area (Å²) in [6, 6.07) is 30.8. The van der Waals surface area contributed by atoms with Gasteiger partial charge in [0.1, 0.15) is 18.3 Å². The molecule has 0 spiro atoms. The second-order valence-electron chi connectivity index (χ2n) is 10.7. The summed E-state index contributed by atoms with van der Waals surface area (Å²) < 4.78 is 36.2. The lowest BCUT2D eigenvalue weighted by Gasteiger charge is -2.34. The molecule has 4 aromatic rings. The molecule has 0 aliphatic rings. The average Bonchev–Trinajstić information content (AvgIpc) is 3.06. The molecular weight excluding hydrogens is 666 g/mol. The number of carbonyl (C=O) groups is 2. The standard InChI is InChI=1S/C36H40BrN3O5S/c1-3-5-23-38-36(42)33(25-28-15-8-6-9-16-28)39(26-29-17-14-18-30(37)24-29)35(41)27-40(32-21-12-13-22-34(32)45-4-2)46(43,44)31-19-10-7-11-20-31/h6-22,24,33H,3-5,23,25-27H2,1-2H3,(H,38,42)/t33-/m0/s1. The van der Waals surface area contributed by atoms with Gasteiger partial charge in [-0.05, 0) is 60.9 Å². The highest BCUT2D eigenvalue weighted by Crippen LogP contribution is 2.33. The molecule has 2 amide bonds. The monoisotopic (exact) mass is 705 g/mol. The minimum atomic E-state index is -4.23. The Labute approximate surface area is 280 Å². The van der Waals surface area contributed by atoms with Crippen molar-refractivity contribution in [2.75, 3.05) is 24.0 Å². The zero-order valence-electron chi connectivity index (χ0n) is 26.1. The molecule has 0 radical (unpaired) electrons. The molecule has 0 heterocycles. The first kappa shape index (κ1) is 34.7. The van der Waals surface area contributed by atoms with E-state index in [0.29, 0.717) is 18.9 Å². The van der Waals surface area contributed by atoms with Gasteiger partial charge in [0, 0.05) is 24.0 Å². The van der Waals surface area contributed by atoms with Gasteiger partial charge >= 0.3 is 0 Å². The summed E-state index contributed by atoms with van der Waals surface area (Å²) in [6.45, 7) is 4.15. The number of carbonyl (C=O) groups excluding carboxylic acids is 2. The minimum Gasteiger partial charge on any atom is -0.492 e. The number of nitrogens with one attached hydrogen (secondary N) is 1. The maximum atomic E-state index is 14.6. The van der Waals surface area contributed by atoms with Gasteiger partial charge in [0.25, 0.3) is 10.0 Å². The van der Waals surface area contributed by atoms with Crippen LogP contribution in [-0.2, 0) is 32.6 Å². The number of hydrogen-bond acceptors (Lipinski definition) is 5. The maximum Gasteiger partial charge on any atom is 0.264 e. The lowest BCUT2D eigenvalue weighted by Crippen LogP contribution is -2.53. The molecule has 4 aromatic carbocycles. The third kappa shape index (κ3) is 9.20. The van der Waals surface area contributed by atoms with Gasteiger partial charge in [-0.1, -0.05) is 102 Å². The van der Waals surface area contributed by atoms with Gasteiger partial charge in [-0.2, -0.15) is 0 Å². The number of unbranched alkanes of at least 4 members (excludes halogenated alkanes) is 1. The van der Waals surface area contributed by atoms with Gasteiger partial charge in [-0.3, -0.25) is 13.9 Å². The van der Waals surface area contributed by atoms with Crippen LogP contribution in [0.15, 0.2) is 119 Å². The Hall–Kier alpha value is -4.15. The molecular formula is C36H40BrN3O5S. The fourth-order valence-corrected chi connectivity index (χ4v) is 6.96. The third-order valence-electron chi connectivity index (χ3n) is 7.39. The highest BCUT2D eigenvalue weighted by atomic mass is 79.9. The topological polar surface area (TPSA) is 96.0 Å². The number of anilines is 1. The van der Waals surface area contributed by atoms with Crippen molar-refractivity contribution in [2.45, 2.75) is 50.6 Å². The van der Waals surface area contributed by atoms with Gasteiger partial charge in [0.2, 0.25) is 11.8 Å². The second-order valence-corrected chi connectivity index (χ2v) is 13.5. The first-order chi connectivity index (χ1) is 22.2. The molecule has 0 aliphatic carbocycles. The zero-order chi connectivity index (χ0) is 32.9. The summed E-state index contributed by atoms with van der Waals surface area (Å²) in [5.41, 5.74) is 1.89. The van der Waals surface area contributed by atoms with Gasteiger partial charge in [0.15, 0.2) is 0 Å². The van der Waals surface area contributed by atoms with E-state index in [0.717, 1.165) is 32.7 Å². The number of sulfonamides is 1. The molecule has 0 fully saturated rings. The average molecular weight is 707 g/mol. The molecule has 242 valence electrons. The minimum absolute atomic E-state index is 0.0331. The molecule has 1 N–H and O–H groups in total. The van der Waals surface area contributed by atoms with Crippen molar-refractivity contribution in [2.24, 2.45) is 0 Å². The normalized spacial score (nSPS) is 11.8. The van der Waals surface area contributed by atoms with Crippen molar-refractivity contribution < 1.29 is 22.7 Å². The Morgan fingerprint density at radius 2 is 1.50 bits per heavy atom. The van der Waals surface area contributed by atoms with E-state index in [9.17, 15) is 18.0 Å². The highest BCUT2D eigenvalue weighted by Gasteiger charge is 2.35. The van der Waals surface area contributed by atoms with E-state index in [1.54, 1.807) is 42.5 Å². The zero-order valence-corrected chi connectivity index (χ0v) is 28.5. The lowest BCUT2D eigenvalue weighted by molar-refractivity contribution is -0.140. The smallest absolute Gasteiger partial charge is 0.264 e. The van der Waals surface area contributed by atoms with Gasteiger partial charge in [-0.15, -0.1) is 0 Å². The van der Waals surface area contributed by atoms with Crippen molar-refractivity contribution in [3.8, 4) is 5.75 Å². The molecule has 4 rings (SSSR count). The van der Waals surface area contributed by atoms with Crippen LogP contribution in [0.1, 0.15) is 37.8 Å². The Morgan fingerprint density at radius 3 is 2.17 bits per heavy atom. The Morgan fingerprint density at radius 1 is 0.848 bits per heavy atom. The molecule has 46 heavy (non-hydrogen) atoms. The fourth-order valence-electron chi connectivity index (χ4n) is 5.07. The molecule has 0 aliphatic heterocycles. The van der Waals surface area contributed by atoms with E-state index in [-0.39, 0.29) is 29.5 Å². The fraction of sp³-hybridized carbons (Fsp3) is 0.278. The number of ether oxygens (including phenoxy) is 1. The van der Waals surface area contributed by atoms with Crippen molar-refractivity contribution >= 4 is 43.5 Å². The van der Waals surface area contributed by atoms with E-state index in [1.165, 1.54) is 17.0 Å². The molecule has 0 bridgehead atoms. The molecule has 0 unspecified atom stereocenters. The van der Waals surface area contributed by atoms with Crippen LogP contribution in [0.5, 0.6) is 5.75 Å². The number of halogens is 1. The van der Waals surface area contributed by atoms with Gasteiger partial charge in [-0.25, -0.2) is 8.42 Å². The van der Waals surface area contributed by atoms with E-state index in [4.69, 9.17) is 4.74 Å². The third-order valence-corrected chi connectivity index (χ3v) is 9.65. The predicted molar refractivity (Wildman–Crippen MR) is 185 cm³/mol. The van der Waals surface area contributed by atoms with Gasteiger partial charge in [0.05, 0.1) is 17.2 Å². The maximum absolute atomic E-state index is 14.6. The Bertz CT molecular complexity index is 1690. The lowest BCUT2D eigenvalue weighted by atomic mass is 10.0. The number of benzene rings is 4. The first-order valence-electron chi connectivity index (χ1n) is 15.4. The van der Waals surface area contributed by atoms with E-state index < -0.39 is 28.5 Å². The van der Waals surface area contributed by atoms with E-state index in [1.807, 2.05) is 68.4 Å². The summed E-state index contributed by atoms with van der Waals surface area (Å²) in [5, 5.41) is 3.01. The van der Waals surface area contributed by atoms with Crippen LogP contribution in [0, 0.1) is 0 Å². The van der Waals surface area contributed by atoms with Crippen molar-refractivity contribution in [3.63, 3.8) is 0 Å². The van der Waals surface area contributed by atoms with Crippen LogP contribution in [0.3, 0.4) is 0 Å². The number of hydrogen-bond donors (Lipinski definition) is 1. The molecule has 0 saturated carbocycles. The number of para-hydroxylation sites is 2. The number of amides is 2. The van der Waals surface area contributed by atoms with Crippen molar-refractivity contribution in [1.82, 2.24) is 10.2 Å². The SMILES string of the molecule is CCCCNC(=O)[C@H](Cc1ccccc1)N(Cc1cccc(Br)c1)C(=O)CN(c1ccccc1OCC)S(=O)(=O)c1ccccc1. The molecule has 0 saturated heterocycles. The first-order valence-corrected chi connectivity index (χ1v) is 17.6. The Balaban J connectivity index is 1.82. The summed E-state index contributed by atoms with van der Waals surface area (Å²) >= 11 is 3.51.